The van der Waals surface area contributed by atoms with Gasteiger partial charge >= 0.3 is 21.3 Å². The molecule has 0 fully saturated rings. The van der Waals surface area contributed by atoms with Gasteiger partial charge in [0.1, 0.15) is 0 Å². The molecule has 0 aromatic heterocycles. The summed E-state index contributed by atoms with van der Waals surface area (Å²) in [6, 6.07) is 0.565. The van der Waals surface area contributed by atoms with Crippen LogP contribution in [-0.4, -0.2) is 34.5 Å². The van der Waals surface area contributed by atoms with Crippen LogP contribution in [0.25, 0.3) is 0 Å². The molecule has 17 heteroatoms. The van der Waals surface area contributed by atoms with Gasteiger partial charge in [-0.1, -0.05) is 150 Å². The smallest absolute Gasteiger partial charge is 0.390 e. The predicted octanol–water partition coefficient (Wildman–Crippen LogP) is 7.82. The van der Waals surface area contributed by atoms with E-state index in [1.165, 1.54) is 0 Å². The molecule has 0 bridgehead atoms. The van der Waals surface area contributed by atoms with E-state index in [1.807, 2.05) is 6.92 Å². The monoisotopic (exact) mass is 983 g/mol. The van der Waals surface area contributed by atoms with Gasteiger partial charge in [-0.3, -0.25) is 0 Å². The molecule has 0 saturated carbocycles. The van der Waals surface area contributed by atoms with Crippen molar-refractivity contribution < 1.29 is 17.1 Å². The van der Waals surface area contributed by atoms with E-state index in [0.29, 0.717) is 25.7 Å². The Balaban J connectivity index is 5.20. The minimum absolute atomic E-state index is 0.535. The molecule has 0 spiro atoms. The van der Waals surface area contributed by atoms with Gasteiger partial charge in [0.15, 0.2) is 0 Å². The fraction of sp³-hybridized carbons (Fsp3) is 0.714. The number of hydrogen-bond donors (Lipinski definition) is 0. The molecule has 0 N–H and O–H groups in total. The lowest BCUT2D eigenvalue weighted by Gasteiger charge is -2.37. The summed E-state index contributed by atoms with van der Waals surface area (Å²) in [7, 11) is -3.12. The molecular weight excluding hydrogens is 980 g/mol. The third kappa shape index (κ3) is 17.6. The molecule has 4 nitrogen and oxygen atoms in total. The van der Waals surface area contributed by atoms with Crippen LogP contribution in [0.4, 0.5) is 0 Å². The van der Waals surface area contributed by atoms with Gasteiger partial charge in [-0.25, -0.2) is 0 Å². The summed E-state index contributed by atoms with van der Waals surface area (Å²) in [4.78, 5) is 0. The second-order valence-electron chi connectivity index (χ2n) is 4.44. The Labute approximate surface area is 217 Å². The Bertz CT molecular complexity index is 369. The molecule has 144 valence electrons. The van der Waals surface area contributed by atoms with Gasteiger partial charge in [-0.2, -0.15) is 0 Å². The van der Waals surface area contributed by atoms with E-state index in [-0.39, 0.29) is 0 Å². The van der Waals surface area contributed by atoms with Gasteiger partial charge < -0.3 is 17.1 Å². The maximum atomic E-state index is 6.20. The maximum Gasteiger partial charge on any atom is 0.474 e. The number of hydrogen-bond acceptors (Lipinski definition) is 4. The zero-order chi connectivity index (χ0) is 19.2. The van der Waals surface area contributed by atoms with Gasteiger partial charge in [-0.15, -0.1) is 0 Å². The summed E-state index contributed by atoms with van der Waals surface area (Å²) >= 11 is 31.4. The highest BCUT2D eigenvalue weighted by atomic mass is 80.0. The van der Waals surface area contributed by atoms with Crippen LogP contribution in [0.5, 0.6) is 0 Å². The van der Waals surface area contributed by atoms with Gasteiger partial charge in [0, 0.05) is 12.7 Å². The number of halogens is 9. The van der Waals surface area contributed by atoms with Gasteiger partial charge in [0.2, 0.25) is 0 Å². The molecule has 0 saturated heterocycles. The van der Waals surface area contributed by atoms with Crippen molar-refractivity contribution in [2.75, 3.05) is 13.2 Å². The summed E-state index contributed by atoms with van der Waals surface area (Å²) in [5.41, 5.74) is 0.982. The quantitative estimate of drug-likeness (QED) is 0.0867. The molecule has 0 aliphatic carbocycles. The largest absolute Gasteiger partial charge is 0.474 e. The maximum absolute atomic E-state index is 6.20. The van der Waals surface area contributed by atoms with E-state index >= 15 is 0 Å². The molecule has 0 atom stereocenters. The topological polar surface area (TPSA) is 36.9 Å². The molecule has 0 aromatic rings. The van der Waals surface area contributed by atoms with E-state index in [2.05, 4.69) is 144 Å². The second-order valence-corrected chi connectivity index (χ2v) is 70.3. The highest BCUT2D eigenvalue weighted by Crippen LogP contribution is 2.43. The van der Waals surface area contributed by atoms with Gasteiger partial charge in [0.05, 0.1) is 6.61 Å². The Morgan fingerprint density at radius 1 is 0.792 bits per heavy atom. The minimum atomic E-state index is -3.12. The summed E-state index contributed by atoms with van der Waals surface area (Å²) in [5, 5.41) is 0. The van der Waals surface area contributed by atoms with Crippen molar-refractivity contribution in [3.63, 3.8) is 0 Å². The van der Waals surface area contributed by atoms with E-state index in [9.17, 15) is 0 Å². The van der Waals surface area contributed by atoms with Crippen LogP contribution in [0, 0.1) is 0 Å². The first kappa shape index (κ1) is 28.8. The van der Waals surface area contributed by atoms with Crippen molar-refractivity contribution in [1.29, 1.82) is 0 Å². The van der Waals surface area contributed by atoms with Crippen molar-refractivity contribution >= 4 is 159 Å². The summed E-state index contributed by atoms with van der Waals surface area (Å²) < 4.78 is 16.8. The average Bonchev–Trinajstić information content (AvgIpc) is 2.19. The van der Waals surface area contributed by atoms with Crippen molar-refractivity contribution in [1.82, 2.24) is 0 Å². The SMILES string of the molecule is C=C(C)COCCC[Si](O[Si](Br)(Br)Br)(O[Si](Br)(Br)Br)O[Si](Br)(Br)Br. The predicted molar refractivity (Wildman–Crippen MR) is 142 cm³/mol. The van der Waals surface area contributed by atoms with E-state index in [0.717, 1.165) is 5.57 Å². The lowest BCUT2D eigenvalue weighted by Crippen LogP contribution is -2.56. The third-order valence-electron chi connectivity index (χ3n) is 1.93. The number of ether oxygens (including phenoxy) is 1. The highest BCUT2D eigenvalue weighted by molar-refractivity contribution is 9.72. The molecule has 0 unspecified atom stereocenters. The summed E-state index contributed by atoms with van der Waals surface area (Å²) in [6.07, 6.45) is 0.714. The molecule has 24 heavy (non-hydrogen) atoms. The molecule has 0 aromatic carbocycles. The Hall–Kier alpha value is 4.77. The Morgan fingerprint density at radius 3 is 1.46 bits per heavy atom. The zero-order valence-corrected chi connectivity index (χ0v) is 30.3. The van der Waals surface area contributed by atoms with E-state index in [1.54, 1.807) is 0 Å². The normalized spacial score (nSPS) is 14.1. The van der Waals surface area contributed by atoms with E-state index < -0.39 is 21.3 Å². The molecule has 0 aliphatic rings. The summed E-state index contributed by atoms with van der Waals surface area (Å²) in [5.74, 6) is 0. The number of rotatable bonds is 12. The van der Waals surface area contributed by atoms with Gasteiger partial charge in [0.25, 0.3) is 0 Å². The highest BCUT2D eigenvalue weighted by Gasteiger charge is 2.55. The van der Waals surface area contributed by atoms with Crippen molar-refractivity contribution in [2.45, 2.75) is 19.4 Å². The van der Waals surface area contributed by atoms with Crippen LogP contribution < -0.4 is 0 Å². The molecule has 0 aliphatic heterocycles. The molecule has 0 amide bonds. The minimum Gasteiger partial charge on any atom is -0.390 e. The van der Waals surface area contributed by atoms with Crippen LogP contribution in [-0.2, 0) is 17.1 Å². The Morgan fingerprint density at radius 2 is 1.17 bits per heavy atom. The van der Waals surface area contributed by atoms with Crippen LogP contribution >= 0.6 is 138 Å². The molecular formula is C7H13Br9O4Si4. The van der Waals surface area contributed by atoms with Crippen molar-refractivity contribution in [2.24, 2.45) is 0 Å². The van der Waals surface area contributed by atoms with E-state index in [4.69, 9.17) is 17.1 Å². The fourth-order valence-electron chi connectivity index (χ4n) is 1.38. The van der Waals surface area contributed by atoms with Crippen LogP contribution in [0.15, 0.2) is 12.2 Å². The standard InChI is InChI=1S/C7H13Br9O4Si4/c1-7(2)6-17-4-3-5-21(18-22(8,9)10,19-23(11,12)13)20-24(14,15)16/h1,3-6H2,2H3. The second kappa shape index (κ2) is 12.6. The lowest BCUT2D eigenvalue weighted by molar-refractivity contribution is 0.152. The van der Waals surface area contributed by atoms with Crippen LogP contribution in [0.1, 0.15) is 13.3 Å². The first-order chi connectivity index (χ1) is 10.5. The first-order valence-electron chi connectivity index (χ1n) is 6.06. The third-order valence-corrected chi connectivity index (χ3v) is 22.5. The first-order valence-corrected chi connectivity index (χ1v) is 34.0. The van der Waals surface area contributed by atoms with Crippen molar-refractivity contribution in [3.8, 4) is 0 Å². The molecule has 0 heterocycles. The lowest BCUT2D eigenvalue weighted by atomic mass is 10.4. The van der Waals surface area contributed by atoms with Gasteiger partial charge in [-0.05, 0) is 13.3 Å². The average molecular weight is 993 g/mol. The molecule has 0 radical (unpaired) electrons. The van der Waals surface area contributed by atoms with Crippen LogP contribution in [0.3, 0.4) is 0 Å². The summed E-state index contributed by atoms with van der Waals surface area (Å²) in [6.45, 7) is 6.84. The van der Waals surface area contributed by atoms with Crippen molar-refractivity contribution in [3.05, 3.63) is 12.2 Å². The van der Waals surface area contributed by atoms with Crippen LogP contribution in [0.2, 0.25) is 6.04 Å². The zero-order valence-electron chi connectivity index (χ0n) is 12.1. The molecule has 0 rings (SSSR count). The fourth-order valence-corrected chi connectivity index (χ4v) is 29.0. The Kier molecular flexibility index (Phi) is 15.1.